The van der Waals surface area contributed by atoms with Crippen molar-refractivity contribution in [2.45, 2.75) is 13.0 Å². The van der Waals surface area contributed by atoms with Crippen LogP contribution in [0.4, 0.5) is 0 Å². The zero-order valence-corrected chi connectivity index (χ0v) is 15.6. The van der Waals surface area contributed by atoms with Crippen LogP contribution in [0.5, 0.6) is 0 Å². The van der Waals surface area contributed by atoms with Gasteiger partial charge >= 0.3 is 0 Å². The molecular weight excluding hydrogens is 410 g/mol. The number of nitrogens with one attached hydrogen (secondary N) is 1. The maximum Gasteiger partial charge on any atom is 0.0682 e. The van der Waals surface area contributed by atoms with Gasteiger partial charge in [0.1, 0.15) is 0 Å². The summed E-state index contributed by atoms with van der Waals surface area (Å²) in [6.45, 7) is 3.07. The Hall–Kier alpha value is -0.680. The van der Waals surface area contributed by atoms with E-state index in [9.17, 15) is 0 Å². The predicted molar refractivity (Wildman–Crippen MR) is 99.2 cm³/mol. The Morgan fingerprint density at radius 3 is 2.67 bits per heavy atom. The van der Waals surface area contributed by atoms with Crippen molar-refractivity contribution in [3.8, 4) is 0 Å². The molecule has 108 valence electrons. The SMILES string of the molecule is CCNC(c1cc2ccccc2s1)c1cc(Br)ccc1Br. The lowest BCUT2D eigenvalue weighted by molar-refractivity contribution is 0.637. The largest absolute Gasteiger partial charge is 0.306 e. The Morgan fingerprint density at radius 2 is 1.90 bits per heavy atom. The summed E-state index contributed by atoms with van der Waals surface area (Å²) in [5.74, 6) is 0. The molecule has 1 N–H and O–H groups in total. The smallest absolute Gasteiger partial charge is 0.0682 e. The van der Waals surface area contributed by atoms with Gasteiger partial charge in [-0.15, -0.1) is 11.3 Å². The summed E-state index contributed by atoms with van der Waals surface area (Å²) in [6, 6.07) is 17.4. The van der Waals surface area contributed by atoms with Crippen molar-refractivity contribution in [1.82, 2.24) is 5.32 Å². The van der Waals surface area contributed by atoms with Gasteiger partial charge in [-0.2, -0.15) is 0 Å². The molecule has 0 saturated carbocycles. The van der Waals surface area contributed by atoms with Gasteiger partial charge in [0.05, 0.1) is 6.04 Å². The van der Waals surface area contributed by atoms with Crippen LogP contribution >= 0.6 is 43.2 Å². The molecule has 1 heterocycles. The first-order chi connectivity index (χ1) is 10.2. The molecule has 3 aromatic rings. The third kappa shape index (κ3) is 3.24. The first-order valence-corrected chi connectivity index (χ1v) is 9.26. The summed E-state index contributed by atoms with van der Waals surface area (Å²) in [5, 5.41) is 4.92. The van der Waals surface area contributed by atoms with Gasteiger partial charge in [0.15, 0.2) is 0 Å². The van der Waals surface area contributed by atoms with Crippen LogP contribution in [0, 0.1) is 0 Å². The molecule has 4 heteroatoms. The fourth-order valence-electron chi connectivity index (χ4n) is 2.45. The average molecular weight is 425 g/mol. The second-order valence-corrected chi connectivity index (χ2v) is 7.73. The van der Waals surface area contributed by atoms with Crippen LogP contribution in [0.3, 0.4) is 0 Å². The molecule has 0 aliphatic carbocycles. The van der Waals surface area contributed by atoms with Crippen molar-refractivity contribution in [3.63, 3.8) is 0 Å². The van der Waals surface area contributed by atoms with Crippen molar-refractivity contribution < 1.29 is 0 Å². The minimum atomic E-state index is 0.208. The van der Waals surface area contributed by atoms with E-state index in [2.05, 4.69) is 92.6 Å². The van der Waals surface area contributed by atoms with E-state index in [1.54, 1.807) is 0 Å². The van der Waals surface area contributed by atoms with Gasteiger partial charge in [-0.3, -0.25) is 0 Å². The topological polar surface area (TPSA) is 12.0 Å². The Kier molecular flexibility index (Phi) is 4.79. The predicted octanol–water partition coefficient (Wildman–Crippen LogP) is 6.13. The van der Waals surface area contributed by atoms with Crippen LogP contribution in [-0.2, 0) is 0 Å². The van der Waals surface area contributed by atoms with Crippen LogP contribution in [-0.4, -0.2) is 6.54 Å². The van der Waals surface area contributed by atoms with E-state index in [4.69, 9.17) is 0 Å². The van der Waals surface area contributed by atoms with E-state index >= 15 is 0 Å². The monoisotopic (exact) mass is 423 g/mol. The van der Waals surface area contributed by atoms with E-state index in [1.807, 2.05) is 11.3 Å². The van der Waals surface area contributed by atoms with E-state index in [0.717, 1.165) is 15.5 Å². The highest BCUT2D eigenvalue weighted by molar-refractivity contribution is 9.11. The summed E-state index contributed by atoms with van der Waals surface area (Å²) < 4.78 is 3.57. The van der Waals surface area contributed by atoms with Crippen LogP contribution < -0.4 is 5.32 Å². The van der Waals surface area contributed by atoms with Crippen molar-refractivity contribution in [1.29, 1.82) is 0 Å². The van der Waals surface area contributed by atoms with Gasteiger partial charge < -0.3 is 5.32 Å². The summed E-state index contributed by atoms with van der Waals surface area (Å²) in [6.07, 6.45) is 0. The number of hydrogen-bond donors (Lipinski definition) is 1. The van der Waals surface area contributed by atoms with Gasteiger partial charge in [-0.1, -0.05) is 57.0 Å². The van der Waals surface area contributed by atoms with Gasteiger partial charge in [-0.25, -0.2) is 0 Å². The number of benzene rings is 2. The van der Waals surface area contributed by atoms with Crippen LogP contribution in [0.1, 0.15) is 23.4 Å². The maximum absolute atomic E-state index is 3.69. The lowest BCUT2D eigenvalue weighted by Gasteiger charge is -2.18. The Balaban J connectivity index is 2.10. The fraction of sp³-hybridized carbons (Fsp3) is 0.176. The summed E-state index contributed by atoms with van der Waals surface area (Å²) in [7, 11) is 0. The number of hydrogen-bond acceptors (Lipinski definition) is 2. The molecule has 3 rings (SSSR count). The number of thiophene rings is 1. The molecule has 0 aliphatic rings. The van der Waals surface area contributed by atoms with Gasteiger partial charge in [0.25, 0.3) is 0 Å². The summed E-state index contributed by atoms with van der Waals surface area (Å²) in [5.41, 5.74) is 1.26. The Labute approximate surface area is 145 Å². The zero-order valence-electron chi connectivity index (χ0n) is 11.6. The standard InChI is InChI=1S/C17H15Br2NS/c1-2-20-17(13-10-12(18)7-8-14(13)19)16-9-11-5-3-4-6-15(11)21-16/h3-10,17,20H,2H2,1H3. The summed E-state index contributed by atoms with van der Waals surface area (Å²) in [4.78, 5) is 1.34. The molecule has 1 atom stereocenters. The molecule has 1 aromatic heterocycles. The minimum Gasteiger partial charge on any atom is -0.306 e. The van der Waals surface area contributed by atoms with E-state index in [-0.39, 0.29) is 6.04 Å². The van der Waals surface area contributed by atoms with Crippen LogP contribution in [0.25, 0.3) is 10.1 Å². The Morgan fingerprint density at radius 1 is 1.10 bits per heavy atom. The maximum atomic E-state index is 3.69. The lowest BCUT2D eigenvalue weighted by Crippen LogP contribution is -2.21. The highest BCUT2D eigenvalue weighted by Gasteiger charge is 2.18. The highest BCUT2D eigenvalue weighted by atomic mass is 79.9. The zero-order chi connectivity index (χ0) is 14.8. The normalized spacial score (nSPS) is 12.7. The molecule has 0 fully saturated rings. The number of fused-ring (bicyclic) bond motifs is 1. The molecular formula is C17H15Br2NS. The van der Waals surface area contributed by atoms with Crippen molar-refractivity contribution >= 4 is 53.3 Å². The molecule has 0 aliphatic heterocycles. The van der Waals surface area contributed by atoms with Gasteiger partial charge in [-0.05, 0) is 47.8 Å². The third-order valence-electron chi connectivity index (χ3n) is 3.41. The van der Waals surface area contributed by atoms with E-state index in [0.29, 0.717) is 0 Å². The third-order valence-corrected chi connectivity index (χ3v) is 5.80. The molecule has 0 amide bonds. The molecule has 1 unspecified atom stereocenters. The number of halogens is 2. The average Bonchev–Trinajstić information content (AvgIpc) is 2.91. The molecule has 0 spiro atoms. The minimum absolute atomic E-state index is 0.208. The Bertz CT molecular complexity index is 733. The van der Waals surface area contributed by atoms with E-state index < -0.39 is 0 Å². The number of rotatable bonds is 4. The first kappa shape index (κ1) is 15.2. The molecule has 0 bridgehead atoms. The second-order valence-electron chi connectivity index (χ2n) is 4.84. The van der Waals surface area contributed by atoms with Crippen LogP contribution in [0.15, 0.2) is 57.5 Å². The quantitative estimate of drug-likeness (QED) is 0.531. The van der Waals surface area contributed by atoms with Crippen molar-refractivity contribution in [2.24, 2.45) is 0 Å². The van der Waals surface area contributed by atoms with Gasteiger partial charge in [0, 0.05) is 18.5 Å². The van der Waals surface area contributed by atoms with Crippen molar-refractivity contribution in [2.75, 3.05) is 6.54 Å². The molecule has 0 saturated heterocycles. The lowest BCUT2D eigenvalue weighted by atomic mass is 10.0. The molecule has 21 heavy (non-hydrogen) atoms. The molecule has 1 nitrogen and oxygen atoms in total. The first-order valence-electron chi connectivity index (χ1n) is 6.86. The summed E-state index contributed by atoms with van der Waals surface area (Å²) >= 11 is 9.12. The molecule has 0 radical (unpaired) electrons. The molecule has 2 aromatic carbocycles. The van der Waals surface area contributed by atoms with E-state index in [1.165, 1.54) is 20.5 Å². The second kappa shape index (κ2) is 6.61. The fourth-order valence-corrected chi connectivity index (χ4v) is 4.46. The highest BCUT2D eigenvalue weighted by Crippen LogP contribution is 2.36. The van der Waals surface area contributed by atoms with Crippen LogP contribution in [0.2, 0.25) is 0 Å². The van der Waals surface area contributed by atoms with Gasteiger partial charge in [0.2, 0.25) is 0 Å². The van der Waals surface area contributed by atoms with Crippen molar-refractivity contribution in [3.05, 3.63) is 67.9 Å².